The lowest BCUT2D eigenvalue weighted by atomic mass is 9.94. The molecule has 0 radical (unpaired) electrons. The Hall–Kier alpha value is -0.450. The lowest BCUT2D eigenvalue weighted by Gasteiger charge is -2.35. The minimum atomic E-state index is -0.437. The number of piperidine rings is 1. The molecule has 1 saturated heterocycles. The van der Waals surface area contributed by atoms with Crippen LogP contribution in [0, 0.1) is 5.92 Å². The first kappa shape index (κ1) is 14.0. The van der Waals surface area contributed by atoms with E-state index in [4.69, 9.17) is 0 Å². The van der Waals surface area contributed by atoms with Crippen LogP contribution in [0.5, 0.6) is 0 Å². The third kappa shape index (κ3) is 3.53. The van der Waals surface area contributed by atoms with Crippen LogP contribution in [0.15, 0.2) is 5.38 Å². The van der Waals surface area contributed by atoms with Crippen molar-refractivity contribution in [1.29, 1.82) is 0 Å². The number of thiazole rings is 1. The molecule has 0 saturated carbocycles. The summed E-state index contributed by atoms with van der Waals surface area (Å²) in [5.74, 6) is 0.731. The molecule has 0 aliphatic carbocycles. The van der Waals surface area contributed by atoms with Crippen molar-refractivity contribution in [3.8, 4) is 0 Å². The van der Waals surface area contributed by atoms with Crippen LogP contribution in [0.3, 0.4) is 0 Å². The Labute approximate surface area is 114 Å². The number of nitrogens with zero attached hydrogens (tertiary/aromatic N) is 2. The van der Waals surface area contributed by atoms with E-state index in [-0.39, 0.29) is 0 Å². The van der Waals surface area contributed by atoms with Crippen molar-refractivity contribution in [2.24, 2.45) is 5.92 Å². The molecule has 2 unspecified atom stereocenters. The number of aliphatic hydroxyl groups is 1. The lowest BCUT2D eigenvalue weighted by Crippen LogP contribution is -2.40. The number of hydrogen-bond donors (Lipinski definition) is 1. The van der Waals surface area contributed by atoms with Gasteiger partial charge in [-0.3, -0.25) is 0 Å². The zero-order chi connectivity index (χ0) is 13.1. The molecule has 18 heavy (non-hydrogen) atoms. The third-order valence-corrected chi connectivity index (χ3v) is 4.63. The fourth-order valence-corrected chi connectivity index (χ4v) is 3.59. The van der Waals surface area contributed by atoms with Gasteiger partial charge in [0.05, 0.1) is 16.8 Å². The van der Waals surface area contributed by atoms with Crippen molar-refractivity contribution in [2.45, 2.75) is 52.2 Å². The average Bonchev–Trinajstić information content (AvgIpc) is 2.78. The highest BCUT2D eigenvalue weighted by atomic mass is 32.1. The van der Waals surface area contributed by atoms with E-state index in [0.717, 1.165) is 18.0 Å². The molecule has 0 bridgehead atoms. The lowest BCUT2D eigenvalue weighted by molar-refractivity contribution is 0.139. The molecule has 1 aromatic rings. The molecule has 4 heteroatoms. The molecule has 1 aliphatic heterocycles. The Morgan fingerprint density at radius 3 is 2.89 bits per heavy atom. The standard InChI is InChI=1S/C14H24N2OS/c1-10(2)16-6-4-5-12(8-16)7-14-15-13(9-18-14)11(3)17/h9-12,17H,4-8H2,1-3H3. The van der Waals surface area contributed by atoms with Gasteiger partial charge in [0, 0.05) is 24.4 Å². The van der Waals surface area contributed by atoms with Crippen LogP contribution < -0.4 is 0 Å². The van der Waals surface area contributed by atoms with Crippen LogP contribution in [0.2, 0.25) is 0 Å². The molecule has 2 atom stereocenters. The molecule has 1 N–H and O–H groups in total. The molecule has 2 rings (SSSR count). The number of aliphatic hydroxyl groups excluding tert-OH is 1. The van der Waals surface area contributed by atoms with Crippen LogP contribution in [0.25, 0.3) is 0 Å². The summed E-state index contributed by atoms with van der Waals surface area (Å²) in [6, 6.07) is 0.650. The molecule has 2 heterocycles. The molecule has 3 nitrogen and oxygen atoms in total. The second kappa shape index (κ2) is 6.13. The molecular formula is C14H24N2OS. The average molecular weight is 268 g/mol. The predicted molar refractivity (Wildman–Crippen MR) is 75.9 cm³/mol. The maximum Gasteiger partial charge on any atom is 0.0940 e. The van der Waals surface area contributed by atoms with E-state index in [9.17, 15) is 5.11 Å². The van der Waals surface area contributed by atoms with Gasteiger partial charge in [0.15, 0.2) is 0 Å². The van der Waals surface area contributed by atoms with E-state index < -0.39 is 6.10 Å². The normalized spacial score (nSPS) is 23.5. The number of aromatic nitrogens is 1. The van der Waals surface area contributed by atoms with E-state index in [0.29, 0.717) is 6.04 Å². The van der Waals surface area contributed by atoms with Gasteiger partial charge in [-0.1, -0.05) is 0 Å². The zero-order valence-corrected chi connectivity index (χ0v) is 12.4. The van der Waals surface area contributed by atoms with Crippen molar-refractivity contribution in [2.75, 3.05) is 13.1 Å². The van der Waals surface area contributed by atoms with Gasteiger partial charge in [-0.05, 0) is 46.1 Å². The molecule has 1 aromatic heterocycles. The van der Waals surface area contributed by atoms with E-state index in [2.05, 4.69) is 23.7 Å². The Bertz CT molecular complexity index is 376. The quantitative estimate of drug-likeness (QED) is 0.912. The summed E-state index contributed by atoms with van der Waals surface area (Å²) in [6.45, 7) is 8.76. The summed E-state index contributed by atoms with van der Waals surface area (Å²) < 4.78 is 0. The van der Waals surface area contributed by atoms with Gasteiger partial charge in [-0.15, -0.1) is 11.3 Å². The largest absolute Gasteiger partial charge is 0.387 e. The van der Waals surface area contributed by atoms with Crippen LogP contribution in [-0.4, -0.2) is 34.1 Å². The summed E-state index contributed by atoms with van der Waals surface area (Å²) in [5.41, 5.74) is 0.825. The maximum absolute atomic E-state index is 9.49. The molecule has 0 aromatic carbocycles. The predicted octanol–water partition coefficient (Wildman–Crippen LogP) is 2.86. The van der Waals surface area contributed by atoms with E-state index in [1.165, 1.54) is 30.9 Å². The van der Waals surface area contributed by atoms with Crippen molar-refractivity contribution < 1.29 is 5.11 Å². The molecule has 1 fully saturated rings. The summed E-state index contributed by atoms with van der Waals surface area (Å²) in [7, 11) is 0. The molecule has 0 spiro atoms. The van der Waals surface area contributed by atoms with Gasteiger partial charge in [0.25, 0.3) is 0 Å². The van der Waals surface area contributed by atoms with E-state index in [1.807, 2.05) is 5.38 Å². The Morgan fingerprint density at radius 2 is 2.28 bits per heavy atom. The third-order valence-electron chi connectivity index (χ3n) is 3.74. The van der Waals surface area contributed by atoms with Crippen molar-refractivity contribution >= 4 is 11.3 Å². The highest BCUT2D eigenvalue weighted by Crippen LogP contribution is 2.25. The highest BCUT2D eigenvalue weighted by molar-refractivity contribution is 7.09. The van der Waals surface area contributed by atoms with E-state index >= 15 is 0 Å². The fourth-order valence-electron chi connectivity index (χ4n) is 2.59. The SMILES string of the molecule is CC(O)c1csc(CC2CCCN(C(C)C)C2)n1. The van der Waals surface area contributed by atoms with Crippen LogP contribution in [0.4, 0.5) is 0 Å². The minimum absolute atomic E-state index is 0.437. The van der Waals surface area contributed by atoms with Crippen LogP contribution in [-0.2, 0) is 6.42 Å². The molecule has 0 amide bonds. The van der Waals surface area contributed by atoms with Gasteiger partial charge in [0.1, 0.15) is 0 Å². The second-order valence-corrected chi connectivity index (χ2v) is 6.59. The summed E-state index contributed by atoms with van der Waals surface area (Å²) >= 11 is 1.69. The summed E-state index contributed by atoms with van der Waals surface area (Å²) in [4.78, 5) is 7.09. The number of rotatable bonds is 4. The topological polar surface area (TPSA) is 36.4 Å². The minimum Gasteiger partial charge on any atom is -0.387 e. The Balaban J connectivity index is 1.92. The van der Waals surface area contributed by atoms with Crippen molar-refractivity contribution in [3.63, 3.8) is 0 Å². The Kier molecular flexibility index (Phi) is 4.76. The molecule has 1 aliphatic rings. The Morgan fingerprint density at radius 1 is 1.50 bits per heavy atom. The van der Waals surface area contributed by atoms with Crippen LogP contribution >= 0.6 is 11.3 Å². The van der Waals surface area contributed by atoms with Gasteiger partial charge < -0.3 is 10.0 Å². The van der Waals surface area contributed by atoms with Crippen molar-refractivity contribution in [1.82, 2.24) is 9.88 Å². The zero-order valence-electron chi connectivity index (χ0n) is 11.6. The molecular weight excluding hydrogens is 244 g/mol. The molecule has 102 valence electrons. The number of likely N-dealkylation sites (tertiary alicyclic amines) is 1. The van der Waals surface area contributed by atoms with Gasteiger partial charge in [-0.2, -0.15) is 0 Å². The summed E-state index contributed by atoms with van der Waals surface area (Å²) in [5, 5.41) is 12.7. The highest BCUT2D eigenvalue weighted by Gasteiger charge is 2.22. The smallest absolute Gasteiger partial charge is 0.0940 e. The van der Waals surface area contributed by atoms with Crippen LogP contribution in [0.1, 0.15) is 50.4 Å². The van der Waals surface area contributed by atoms with E-state index in [1.54, 1.807) is 18.3 Å². The second-order valence-electron chi connectivity index (χ2n) is 5.64. The summed E-state index contributed by atoms with van der Waals surface area (Å²) in [6.07, 6.45) is 3.25. The number of hydrogen-bond acceptors (Lipinski definition) is 4. The fraction of sp³-hybridized carbons (Fsp3) is 0.786. The first-order valence-corrected chi connectivity index (χ1v) is 7.80. The first-order chi connectivity index (χ1) is 8.56. The van der Waals surface area contributed by atoms with Crippen molar-refractivity contribution in [3.05, 3.63) is 16.1 Å². The maximum atomic E-state index is 9.49. The first-order valence-electron chi connectivity index (χ1n) is 6.92. The monoisotopic (exact) mass is 268 g/mol. The van der Waals surface area contributed by atoms with Gasteiger partial charge >= 0.3 is 0 Å². The van der Waals surface area contributed by atoms with Gasteiger partial charge in [-0.25, -0.2) is 4.98 Å². The van der Waals surface area contributed by atoms with Gasteiger partial charge in [0.2, 0.25) is 0 Å².